The number of guanidine groups is 1. The van der Waals surface area contributed by atoms with E-state index in [9.17, 15) is 0 Å². The maximum absolute atomic E-state index is 4.18. The summed E-state index contributed by atoms with van der Waals surface area (Å²) < 4.78 is 0. The maximum atomic E-state index is 4.18. The third-order valence-corrected chi connectivity index (χ3v) is 2.47. The second kappa shape index (κ2) is 5.34. The van der Waals surface area contributed by atoms with Gasteiger partial charge in [0.25, 0.3) is 0 Å². The van der Waals surface area contributed by atoms with Crippen LogP contribution in [0.1, 0.15) is 5.56 Å². The summed E-state index contributed by atoms with van der Waals surface area (Å²) in [6.45, 7) is 1.70. The Morgan fingerprint density at radius 1 is 1.35 bits per heavy atom. The molecule has 17 heavy (non-hydrogen) atoms. The Balaban J connectivity index is 1.91. The summed E-state index contributed by atoms with van der Waals surface area (Å²) in [5, 5.41) is 7.20. The minimum Gasteiger partial charge on any atom is -0.378 e. The van der Waals surface area contributed by atoms with Gasteiger partial charge in [-0.05, 0) is 17.7 Å². The molecule has 0 saturated heterocycles. The van der Waals surface area contributed by atoms with Crippen LogP contribution in [-0.2, 0) is 0 Å². The van der Waals surface area contributed by atoms with Crippen molar-refractivity contribution in [2.75, 3.05) is 32.1 Å². The molecule has 0 aliphatic carbocycles. The highest BCUT2D eigenvalue weighted by molar-refractivity contribution is 5.84. The number of aliphatic imine (C=N–C) groups is 1. The molecule has 1 aromatic carbocycles. The van der Waals surface area contributed by atoms with Gasteiger partial charge in [-0.25, -0.2) is 10.4 Å². The normalized spacial score (nSPS) is 14.6. The quantitative estimate of drug-likeness (QED) is 0.593. The second-order valence-corrected chi connectivity index (χ2v) is 4.01. The van der Waals surface area contributed by atoms with E-state index in [4.69, 9.17) is 0 Å². The van der Waals surface area contributed by atoms with E-state index in [0.717, 1.165) is 24.6 Å². The Bertz CT molecular complexity index is 419. The van der Waals surface area contributed by atoms with Crippen LogP contribution >= 0.6 is 0 Å². The zero-order valence-corrected chi connectivity index (χ0v) is 10.1. The fourth-order valence-corrected chi connectivity index (χ4v) is 1.50. The van der Waals surface area contributed by atoms with E-state index in [-0.39, 0.29) is 0 Å². The predicted octanol–water partition coefficient (Wildman–Crippen LogP) is 0.635. The molecule has 2 rings (SSSR count). The van der Waals surface area contributed by atoms with Gasteiger partial charge in [0.15, 0.2) is 0 Å². The zero-order valence-electron chi connectivity index (χ0n) is 10.1. The number of nitrogens with zero attached hydrogens (tertiary/aromatic N) is 3. The SMILES string of the molecule is CN(C)c1ccc(/C=N/NC2=NCCN2)cc1. The molecule has 0 spiro atoms. The van der Waals surface area contributed by atoms with Gasteiger partial charge < -0.3 is 10.2 Å². The van der Waals surface area contributed by atoms with Crippen molar-refractivity contribution in [1.29, 1.82) is 0 Å². The first-order valence-corrected chi connectivity index (χ1v) is 5.60. The van der Waals surface area contributed by atoms with E-state index in [2.05, 4.69) is 37.9 Å². The fourth-order valence-electron chi connectivity index (χ4n) is 1.50. The number of benzene rings is 1. The van der Waals surface area contributed by atoms with E-state index in [0.29, 0.717) is 0 Å². The summed E-state index contributed by atoms with van der Waals surface area (Å²) in [4.78, 5) is 6.24. The maximum Gasteiger partial charge on any atom is 0.212 e. The lowest BCUT2D eigenvalue weighted by Gasteiger charge is -2.11. The van der Waals surface area contributed by atoms with E-state index >= 15 is 0 Å². The van der Waals surface area contributed by atoms with Gasteiger partial charge >= 0.3 is 0 Å². The first-order valence-electron chi connectivity index (χ1n) is 5.60. The lowest BCUT2D eigenvalue weighted by molar-refractivity contribution is 0.920. The van der Waals surface area contributed by atoms with E-state index in [1.807, 2.05) is 26.2 Å². The zero-order chi connectivity index (χ0) is 12.1. The third-order valence-electron chi connectivity index (χ3n) is 2.47. The van der Waals surface area contributed by atoms with Crippen LogP contribution in [0.5, 0.6) is 0 Å². The molecule has 1 aromatic rings. The van der Waals surface area contributed by atoms with Gasteiger partial charge in [-0.1, -0.05) is 12.1 Å². The van der Waals surface area contributed by atoms with Crippen LogP contribution in [0.4, 0.5) is 5.69 Å². The van der Waals surface area contributed by atoms with Crippen molar-refractivity contribution < 1.29 is 0 Å². The number of anilines is 1. The molecule has 5 nitrogen and oxygen atoms in total. The first-order chi connectivity index (χ1) is 8.25. The minimum absolute atomic E-state index is 0.742. The molecule has 0 fully saturated rings. The molecule has 1 aliphatic rings. The highest BCUT2D eigenvalue weighted by atomic mass is 15.4. The number of hydrogen-bond donors (Lipinski definition) is 2. The van der Waals surface area contributed by atoms with Crippen LogP contribution in [0, 0.1) is 0 Å². The molecule has 2 N–H and O–H groups in total. The highest BCUT2D eigenvalue weighted by Gasteiger charge is 2.01. The molecule has 0 unspecified atom stereocenters. The molecule has 0 radical (unpaired) electrons. The third kappa shape index (κ3) is 3.21. The van der Waals surface area contributed by atoms with E-state index in [1.165, 1.54) is 5.69 Å². The summed E-state index contributed by atoms with van der Waals surface area (Å²) in [7, 11) is 4.04. The van der Waals surface area contributed by atoms with Crippen LogP contribution in [0.3, 0.4) is 0 Å². The Morgan fingerprint density at radius 3 is 2.71 bits per heavy atom. The van der Waals surface area contributed by atoms with E-state index < -0.39 is 0 Å². The molecule has 0 bridgehead atoms. The monoisotopic (exact) mass is 231 g/mol. The van der Waals surface area contributed by atoms with Crippen LogP contribution in [0.25, 0.3) is 0 Å². The average molecular weight is 231 g/mol. The molecule has 0 atom stereocenters. The average Bonchev–Trinajstić information content (AvgIpc) is 2.83. The van der Waals surface area contributed by atoms with Crippen LogP contribution in [-0.4, -0.2) is 39.4 Å². The Labute approximate surface area is 101 Å². The molecule has 1 aliphatic heterocycles. The van der Waals surface area contributed by atoms with Gasteiger partial charge in [0.2, 0.25) is 5.96 Å². The standard InChI is InChI=1S/C12H17N5/c1-17(2)11-5-3-10(4-6-11)9-15-16-12-13-7-8-14-12/h3-6,9H,7-8H2,1-2H3,(H2,13,14,16)/b15-9+. The van der Waals surface area contributed by atoms with Crippen molar-refractivity contribution in [2.24, 2.45) is 10.1 Å². The Hall–Kier alpha value is -2.04. The van der Waals surface area contributed by atoms with Crippen molar-refractivity contribution >= 4 is 17.9 Å². The Morgan fingerprint density at radius 2 is 2.12 bits per heavy atom. The number of hydrazone groups is 1. The number of rotatable bonds is 3. The van der Waals surface area contributed by atoms with E-state index in [1.54, 1.807) is 6.21 Å². The van der Waals surface area contributed by atoms with Gasteiger partial charge in [0.05, 0.1) is 12.8 Å². The molecular formula is C12H17N5. The largest absolute Gasteiger partial charge is 0.378 e. The molecule has 0 saturated carbocycles. The van der Waals surface area contributed by atoms with Crippen LogP contribution < -0.4 is 15.6 Å². The van der Waals surface area contributed by atoms with Crippen LogP contribution in [0.2, 0.25) is 0 Å². The summed E-state index contributed by atoms with van der Waals surface area (Å²) in [6, 6.07) is 8.19. The molecule has 0 aromatic heterocycles. The number of nitrogens with one attached hydrogen (secondary N) is 2. The summed E-state index contributed by atoms with van der Waals surface area (Å²) in [6.07, 6.45) is 1.78. The van der Waals surface area contributed by atoms with Crippen molar-refractivity contribution in [3.63, 3.8) is 0 Å². The molecule has 90 valence electrons. The molecule has 0 amide bonds. The topological polar surface area (TPSA) is 52.0 Å². The van der Waals surface area contributed by atoms with Gasteiger partial charge in [0.1, 0.15) is 0 Å². The van der Waals surface area contributed by atoms with Crippen molar-refractivity contribution in [3.8, 4) is 0 Å². The van der Waals surface area contributed by atoms with Gasteiger partial charge in [0, 0.05) is 26.3 Å². The van der Waals surface area contributed by atoms with Crippen molar-refractivity contribution in [3.05, 3.63) is 29.8 Å². The van der Waals surface area contributed by atoms with Crippen molar-refractivity contribution in [2.45, 2.75) is 0 Å². The highest BCUT2D eigenvalue weighted by Crippen LogP contribution is 2.10. The van der Waals surface area contributed by atoms with Gasteiger partial charge in [-0.3, -0.25) is 0 Å². The summed E-state index contributed by atoms with van der Waals surface area (Å²) in [5.74, 6) is 0.742. The molecule has 5 heteroatoms. The lowest BCUT2D eigenvalue weighted by atomic mass is 10.2. The Kier molecular flexibility index (Phi) is 3.59. The fraction of sp³-hybridized carbons (Fsp3) is 0.333. The van der Waals surface area contributed by atoms with Crippen molar-refractivity contribution in [1.82, 2.24) is 10.7 Å². The number of hydrogen-bond acceptors (Lipinski definition) is 5. The predicted molar refractivity (Wildman–Crippen MR) is 71.8 cm³/mol. The summed E-state index contributed by atoms with van der Waals surface area (Å²) >= 11 is 0. The smallest absolute Gasteiger partial charge is 0.212 e. The minimum atomic E-state index is 0.742. The molecular weight excluding hydrogens is 214 g/mol. The molecule has 1 heterocycles. The lowest BCUT2D eigenvalue weighted by Crippen LogP contribution is -2.30. The first kappa shape index (κ1) is 11.4. The second-order valence-electron chi connectivity index (χ2n) is 4.01. The summed E-state index contributed by atoms with van der Waals surface area (Å²) in [5.41, 5.74) is 5.10. The van der Waals surface area contributed by atoms with Crippen LogP contribution in [0.15, 0.2) is 34.4 Å². The van der Waals surface area contributed by atoms with Gasteiger partial charge in [-0.2, -0.15) is 5.10 Å². The van der Waals surface area contributed by atoms with Gasteiger partial charge in [-0.15, -0.1) is 0 Å².